The summed E-state index contributed by atoms with van der Waals surface area (Å²) in [5.74, 6) is -0.0937. The topological polar surface area (TPSA) is 117 Å². The molecule has 2 aromatic rings. The summed E-state index contributed by atoms with van der Waals surface area (Å²) in [5.41, 5.74) is 3.29. The van der Waals surface area contributed by atoms with Gasteiger partial charge in [-0.3, -0.25) is 9.59 Å². The molecule has 0 aliphatic carbocycles. The fourth-order valence-electron chi connectivity index (χ4n) is 4.61. The number of urea groups is 1. The average Bonchev–Trinajstić information content (AvgIpc) is 2.93. The van der Waals surface area contributed by atoms with E-state index in [1.807, 2.05) is 47.4 Å². The van der Waals surface area contributed by atoms with E-state index in [1.54, 1.807) is 6.92 Å². The summed E-state index contributed by atoms with van der Waals surface area (Å²) in [6.07, 6.45) is 3.22. The maximum absolute atomic E-state index is 12.4. The van der Waals surface area contributed by atoms with E-state index in [-0.39, 0.29) is 36.8 Å². The number of phenols is 1. The largest absolute Gasteiger partial charge is 0.507 e. The molecule has 3 rings (SSSR count). The molecule has 3 N–H and O–H groups in total. The van der Waals surface area contributed by atoms with Crippen LogP contribution in [0.15, 0.2) is 42.5 Å². The van der Waals surface area contributed by atoms with E-state index < -0.39 is 12.0 Å². The molecule has 0 aromatic heterocycles. The highest BCUT2D eigenvalue weighted by Crippen LogP contribution is 2.36. The van der Waals surface area contributed by atoms with Crippen LogP contribution >= 0.6 is 0 Å². The predicted octanol–water partition coefficient (Wildman–Crippen LogP) is 4.12. The highest BCUT2D eigenvalue weighted by Gasteiger charge is 2.22. The molecule has 0 spiro atoms. The highest BCUT2D eigenvalue weighted by molar-refractivity contribution is 5.80. The van der Waals surface area contributed by atoms with Crippen molar-refractivity contribution in [2.45, 2.75) is 58.4 Å². The SMILES string of the molecule is CCOC(=O)CNC(=O)NCc1cccc(-c2ccc(C(C)(C)CCCCC(=O)N3CCOCC3)cc2O)c1. The minimum atomic E-state index is -0.490. The van der Waals surface area contributed by atoms with E-state index in [9.17, 15) is 19.5 Å². The number of nitrogens with zero attached hydrogens (tertiary/aromatic N) is 1. The number of ether oxygens (including phenoxy) is 2. The Labute approximate surface area is 230 Å². The molecule has 9 heteroatoms. The number of amides is 3. The molecule has 1 heterocycles. The third kappa shape index (κ3) is 9.28. The molecule has 0 saturated carbocycles. The molecule has 0 atom stereocenters. The van der Waals surface area contributed by atoms with Crippen LogP contribution in [0.1, 0.15) is 57.6 Å². The van der Waals surface area contributed by atoms with Crippen LogP contribution in [-0.4, -0.2) is 67.4 Å². The van der Waals surface area contributed by atoms with Crippen LogP contribution in [-0.2, 0) is 31.0 Å². The Morgan fingerprint density at radius 1 is 1.05 bits per heavy atom. The van der Waals surface area contributed by atoms with E-state index in [0.717, 1.165) is 36.0 Å². The molecular weight excluding hydrogens is 498 g/mol. The molecule has 1 aliphatic rings. The first kappa shape index (κ1) is 30.0. The third-order valence-corrected chi connectivity index (χ3v) is 6.98. The second-order valence-corrected chi connectivity index (χ2v) is 10.4. The van der Waals surface area contributed by atoms with Crippen LogP contribution in [0.2, 0.25) is 0 Å². The summed E-state index contributed by atoms with van der Waals surface area (Å²) in [5, 5.41) is 16.1. The molecule has 1 saturated heterocycles. The van der Waals surface area contributed by atoms with E-state index >= 15 is 0 Å². The molecule has 9 nitrogen and oxygen atoms in total. The van der Waals surface area contributed by atoms with Gasteiger partial charge in [0.1, 0.15) is 12.3 Å². The van der Waals surface area contributed by atoms with Crippen molar-refractivity contribution in [1.82, 2.24) is 15.5 Å². The van der Waals surface area contributed by atoms with Gasteiger partial charge in [0.2, 0.25) is 5.91 Å². The molecule has 39 heavy (non-hydrogen) atoms. The lowest BCUT2D eigenvalue weighted by Gasteiger charge is -2.28. The van der Waals surface area contributed by atoms with Crippen LogP contribution in [0.4, 0.5) is 4.79 Å². The van der Waals surface area contributed by atoms with Crippen molar-refractivity contribution in [3.05, 3.63) is 53.6 Å². The number of phenolic OH excluding ortho intramolecular Hbond substituents is 1. The number of nitrogens with one attached hydrogen (secondary N) is 2. The fraction of sp³-hybridized carbons (Fsp3) is 0.500. The number of hydrogen-bond acceptors (Lipinski definition) is 6. The van der Waals surface area contributed by atoms with Crippen molar-refractivity contribution in [1.29, 1.82) is 0 Å². The van der Waals surface area contributed by atoms with Crippen LogP contribution in [0.25, 0.3) is 11.1 Å². The van der Waals surface area contributed by atoms with Gasteiger partial charge in [0.25, 0.3) is 0 Å². The maximum atomic E-state index is 12.4. The summed E-state index contributed by atoms with van der Waals surface area (Å²) in [4.78, 5) is 37.6. The minimum absolute atomic E-state index is 0.152. The van der Waals surface area contributed by atoms with Gasteiger partial charge < -0.3 is 30.1 Å². The lowest BCUT2D eigenvalue weighted by molar-refractivity contribution is -0.141. The number of hydrogen-bond donors (Lipinski definition) is 3. The van der Waals surface area contributed by atoms with Gasteiger partial charge in [-0.2, -0.15) is 0 Å². The predicted molar refractivity (Wildman–Crippen MR) is 149 cm³/mol. The number of esters is 1. The number of aromatic hydroxyl groups is 1. The van der Waals surface area contributed by atoms with Crippen LogP contribution in [0, 0.1) is 0 Å². The standard InChI is InChI=1S/C30H41N3O6/c1-4-39-28(36)21-32-29(37)31-20-22-8-7-9-23(18-22)25-12-11-24(19-26(25)34)30(2,3)13-6-5-10-27(35)33-14-16-38-17-15-33/h7-9,11-12,18-19,34H,4-6,10,13-17,20-21H2,1-3H3,(H2,31,32,37). The average molecular weight is 540 g/mol. The van der Waals surface area contributed by atoms with Crippen molar-refractivity contribution in [2.75, 3.05) is 39.5 Å². The first-order valence-corrected chi connectivity index (χ1v) is 13.7. The van der Waals surface area contributed by atoms with Gasteiger partial charge >= 0.3 is 12.0 Å². The first-order chi connectivity index (χ1) is 18.7. The number of morpholine rings is 1. The zero-order chi connectivity index (χ0) is 28.3. The van der Waals surface area contributed by atoms with E-state index in [1.165, 1.54) is 0 Å². The van der Waals surface area contributed by atoms with Crippen LogP contribution in [0.5, 0.6) is 5.75 Å². The number of unbranched alkanes of at least 4 members (excludes halogenated alkanes) is 1. The molecular formula is C30H41N3O6. The highest BCUT2D eigenvalue weighted by atomic mass is 16.5. The minimum Gasteiger partial charge on any atom is -0.507 e. The van der Waals surface area contributed by atoms with Gasteiger partial charge in [-0.1, -0.05) is 50.6 Å². The van der Waals surface area contributed by atoms with Crippen molar-refractivity contribution in [3.8, 4) is 16.9 Å². The molecule has 0 unspecified atom stereocenters. The second kappa shape index (κ2) is 14.5. The van der Waals surface area contributed by atoms with E-state index in [0.29, 0.717) is 38.3 Å². The lowest BCUT2D eigenvalue weighted by Crippen LogP contribution is -2.40. The lowest BCUT2D eigenvalue weighted by atomic mass is 9.79. The second-order valence-electron chi connectivity index (χ2n) is 10.4. The molecule has 1 fully saturated rings. The van der Waals surface area contributed by atoms with Crippen molar-refractivity contribution in [2.24, 2.45) is 0 Å². The number of rotatable bonds is 12. The molecule has 1 aliphatic heterocycles. The van der Waals surface area contributed by atoms with Crippen molar-refractivity contribution in [3.63, 3.8) is 0 Å². The zero-order valence-electron chi connectivity index (χ0n) is 23.3. The Bertz CT molecular complexity index is 1130. The summed E-state index contributed by atoms with van der Waals surface area (Å²) in [6.45, 7) is 8.96. The summed E-state index contributed by atoms with van der Waals surface area (Å²) in [6, 6.07) is 12.9. The Hall–Kier alpha value is -3.59. The fourth-order valence-corrected chi connectivity index (χ4v) is 4.61. The van der Waals surface area contributed by atoms with Gasteiger partial charge in [-0.15, -0.1) is 0 Å². The number of carbonyl (C=O) groups is 3. The Balaban J connectivity index is 1.53. The third-order valence-electron chi connectivity index (χ3n) is 6.98. The first-order valence-electron chi connectivity index (χ1n) is 13.7. The summed E-state index contributed by atoms with van der Waals surface area (Å²) in [7, 11) is 0. The normalized spacial score (nSPS) is 13.6. The van der Waals surface area contributed by atoms with Gasteiger partial charge in [-0.05, 0) is 54.0 Å². The smallest absolute Gasteiger partial charge is 0.325 e. The number of carbonyl (C=O) groups excluding carboxylic acids is 3. The Kier molecular flexibility index (Phi) is 11.2. The summed E-state index contributed by atoms with van der Waals surface area (Å²) < 4.78 is 10.1. The monoisotopic (exact) mass is 539 g/mol. The quantitative estimate of drug-likeness (QED) is 0.276. The molecule has 0 bridgehead atoms. The number of benzene rings is 2. The van der Waals surface area contributed by atoms with Crippen LogP contribution < -0.4 is 10.6 Å². The van der Waals surface area contributed by atoms with Gasteiger partial charge in [-0.25, -0.2) is 4.79 Å². The van der Waals surface area contributed by atoms with Crippen molar-refractivity contribution < 1.29 is 29.0 Å². The Morgan fingerprint density at radius 2 is 1.82 bits per heavy atom. The molecule has 2 aromatic carbocycles. The zero-order valence-corrected chi connectivity index (χ0v) is 23.3. The summed E-state index contributed by atoms with van der Waals surface area (Å²) >= 11 is 0. The van der Waals surface area contributed by atoms with E-state index in [2.05, 4.69) is 24.5 Å². The molecule has 212 valence electrons. The van der Waals surface area contributed by atoms with Gasteiger partial charge in [0.15, 0.2) is 0 Å². The molecule has 0 radical (unpaired) electrons. The molecule has 3 amide bonds. The Morgan fingerprint density at radius 3 is 2.54 bits per heavy atom. The maximum Gasteiger partial charge on any atom is 0.325 e. The van der Waals surface area contributed by atoms with E-state index in [4.69, 9.17) is 9.47 Å². The van der Waals surface area contributed by atoms with Gasteiger partial charge in [0, 0.05) is 31.6 Å². The van der Waals surface area contributed by atoms with Gasteiger partial charge in [0.05, 0.1) is 19.8 Å². The van der Waals surface area contributed by atoms with Crippen LogP contribution in [0.3, 0.4) is 0 Å². The van der Waals surface area contributed by atoms with Crippen molar-refractivity contribution >= 4 is 17.9 Å².